The number of carboxylic acid groups (broad SMARTS) is 1. The highest BCUT2D eigenvalue weighted by Crippen LogP contribution is 1.95. The summed E-state index contributed by atoms with van der Waals surface area (Å²) in [6.45, 7) is 1.48. The molecule has 0 atom stereocenters. The molecule has 0 amide bonds. The molecule has 6 nitrogen and oxygen atoms in total. The van der Waals surface area contributed by atoms with E-state index in [1.165, 1.54) is 0 Å². The number of hydrogen-bond donors (Lipinski definition) is 3. The minimum Gasteiger partial charge on any atom is -0.481 e. The van der Waals surface area contributed by atoms with Crippen LogP contribution in [-0.2, 0) is 17.6 Å². The van der Waals surface area contributed by atoms with Crippen molar-refractivity contribution in [3.05, 3.63) is 60.2 Å². The quantitative estimate of drug-likeness (QED) is 0.787. The number of aliphatic hydroxyl groups is 2. The molecule has 0 aliphatic carbocycles. The molecule has 0 aromatic carbocycles. The Morgan fingerprint density at radius 3 is 1.55 bits per heavy atom. The summed E-state index contributed by atoms with van der Waals surface area (Å²) in [6.07, 6.45) is 8.37. The zero-order valence-corrected chi connectivity index (χ0v) is 12.6. The second-order valence-electron chi connectivity index (χ2n) is 4.19. The highest BCUT2D eigenvalue weighted by molar-refractivity contribution is 5.62. The zero-order valence-electron chi connectivity index (χ0n) is 12.6. The monoisotopic (exact) mass is 306 g/mol. The van der Waals surface area contributed by atoms with Crippen LogP contribution in [-0.4, -0.2) is 44.5 Å². The Morgan fingerprint density at radius 2 is 1.32 bits per heavy atom. The number of rotatable bonds is 4. The molecule has 0 saturated heterocycles. The van der Waals surface area contributed by atoms with Gasteiger partial charge in [0.15, 0.2) is 0 Å². The fourth-order valence-corrected chi connectivity index (χ4v) is 1.35. The van der Waals surface area contributed by atoms with Crippen LogP contribution in [0.15, 0.2) is 49.1 Å². The van der Waals surface area contributed by atoms with Crippen molar-refractivity contribution in [3.63, 3.8) is 0 Å². The standard InChI is InChI=1S/2C7H9NO.C2H4O2/c2*9-5-3-7-2-1-4-8-6-7;1-2(3)4/h2*1-2,4,6,9H,3,5H2;1H3,(H,3,4). The zero-order chi connectivity index (χ0) is 16.6. The van der Waals surface area contributed by atoms with Crippen LogP contribution in [0.1, 0.15) is 18.1 Å². The van der Waals surface area contributed by atoms with Crippen molar-refractivity contribution in [2.24, 2.45) is 0 Å². The first-order valence-corrected chi connectivity index (χ1v) is 6.79. The maximum absolute atomic E-state index is 9.00. The average Bonchev–Trinajstić information content (AvgIpc) is 2.50. The van der Waals surface area contributed by atoms with Gasteiger partial charge < -0.3 is 15.3 Å². The second-order valence-corrected chi connectivity index (χ2v) is 4.19. The summed E-state index contributed by atoms with van der Waals surface area (Å²) in [5.74, 6) is -0.833. The Kier molecular flexibility index (Phi) is 12.2. The molecular weight excluding hydrogens is 284 g/mol. The lowest BCUT2D eigenvalue weighted by Gasteiger charge is -1.92. The SMILES string of the molecule is CC(=O)O.OCCc1cccnc1.OCCc1cccnc1. The smallest absolute Gasteiger partial charge is 0.300 e. The number of pyridine rings is 2. The van der Waals surface area contributed by atoms with E-state index in [0.29, 0.717) is 12.8 Å². The molecule has 6 heteroatoms. The molecule has 0 unspecified atom stereocenters. The van der Waals surface area contributed by atoms with E-state index in [9.17, 15) is 0 Å². The van der Waals surface area contributed by atoms with Crippen LogP contribution in [0.3, 0.4) is 0 Å². The van der Waals surface area contributed by atoms with Gasteiger partial charge in [-0.15, -0.1) is 0 Å². The summed E-state index contributed by atoms with van der Waals surface area (Å²) >= 11 is 0. The van der Waals surface area contributed by atoms with Crippen molar-refractivity contribution < 1.29 is 20.1 Å². The van der Waals surface area contributed by atoms with Gasteiger partial charge in [-0.05, 0) is 36.1 Å². The second kappa shape index (κ2) is 13.7. The van der Waals surface area contributed by atoms with Crippen molar-refractivity contribution in [3.8, 4) is 0 Å². The highest BCUT2D eigenvalue weighted by Gasteiger charge is 1.87. The molecule has 0 spiro atoms. The number of carbonyl (C=O) groups is 1. The fraction of sp³-hybridized carbons (Fsp3) is 0.312. The van der Waals surface area contributed by atoms with Gasteiger partial charge >= 0.3 is 0 Å². The van der Waals surface area contributed by atoms with Crippen LogP contribution in [0, 0.1) is 0 Å². The summed E-state index contributed by atoms with van der Waals surface area (Å²) < 4.78 is 0. The van der Waals surface area contributed by atoms with E-state index < -0.39 is 5.97 Å². The normalized spacial score (nSPS) is 8.86. The lowest BCUT2D eigenvalue weighted by molar-refractivity contribution is -0.134. The Morgan fingerprint density at radius 1 is 0.955 bits per heavy atom. The Bertz CT molecular complexity index is 447. The third-order valence-corrected chi connectivity index (χ3v) is 2.25. The number of nitrogens with zero attached hydrogens (tertiary/aromatic N) is 2. The third-order valence-electron chi connectivity index (χ3n) is 2.25. The molecule has 0 radical (unpaired) electrons. The lowest BCUT2D eigenvalue weighted by Crippen LogP contribution is -1.89. The van der Waals surface area contributed by atoms with Crippen molar-refractivity contribution in [2.75, 3.05) is 13.2 Å². The largest absolute Gasteiger partial charge is 0.481 e. The van der Waals surface area contributed by atoms with E-state index in [2.05, 4.69) is 9.97 Å². The van der Waals surface area contributed by atoms with Crippen LogP contribution in [0.2, 0.25) is 0 Å². The molecule has 2 aromatic rings. The van der Waals surface area contributed by atoms with Crippen molar-refractivity contribution in [1.29, 1.82) is 0 Å². The van der Waals surface area contributed by atoms with E-state index in [0.717, 1.165) is 18.1 Å². The van der Waals surface area contributed by atoms with E-state index >= 15 is 0 Å². The van der Waals surface area contributed by atoms with Crippen LogP contribution >= 0.6 is 0 Å². The molecule has 0 fully saturated rings. The molecular formula is C16H22N2O4. The predicted molar refractivity (Wildman–Crippen MR) is 83.4 cm³/mol. The van der Waals surface area contributed by atoms with Gasteiger partial charge in [-0.3, -0.25) is 14.8 Å². The number of carboxylic acids is 1. The van der Waals surface area contributed by atoms with E-state index in [1.807, 2.05) is 24.3 Å². The number of aromatic nitrogens is 2. The Labute approximate surface area is 130 Å². The molecule has 3 N–H and O–H groups in total. The summed E-state index contributed by atoms with van der Waals surface area (Å²) in [7, 11) is 0. The fourth-order valence-electron chi connectivity index (χ4n) is 1.35. The van der Waals surface area contributed by atoms with Gasteiger partial charge in [0.25, 0.3) is 5.97 Å². The maximum atomic E-state index is 9.00. The van der Waals surface area contributed by atoms with Gasteiger partial charge in [0.2, 0.25) is 0 Å². The molecule has 0 bridgehead atoms. The maximum Gasteiger partial charge on any atom is 0.300 e. The van der Waals surface area contributed by atoms with E-state index in [-0.39, 0.29) is 13.2 Å². The highest BCUT2D eigenvalue weighted by atomic mass is 16.4. The van der Waals surface area contributed by atoms with Gasteiger partial charge in [-0.2, -0.15) is 0 Å². The summed E-state index contributed by atoms with van der Waals surface area (Å²) in [5, 5.41) is 24.4. The van der Waals surface area contributed by atoms with Crippen molar-refractivity contribution in [2.45, 2.75) is 19.8 Å². The molecule has 2 heterocycles. The van der Waals surface area contributed by atoms with Crippen LogP contribution < -0.4 is 0 Å². The molecule has 120 valence electrons. The molecule has 0 aliphatic rings. The van der Waals surface area contributed by atoms with Gasteiger partial charge in [0.05, 0.1) is 0 Å². The first-order chi connectivity index (χ1) is 10.6. The first-order valence-electron chi connectivity index (χ1n) is 6.79. The molecule has 0 aliphatic heterocycles. The number of aliphatic carboxylic acids is 1. The summed E-state index contributed by atoms with van der Waals surface area (Å²) in [5.41, 5.74) is 2.17. The van der Waals surface area contributed by atoms with Crippen LogP contribution in [0.4, 0.5) is 0 Å². The summed E-state index contributed by atoms with van der Waals surface area (Å²) in [4.78, 5) is 16.8. The Hall–Kier alpha value is -2.31. The number of hydrogen-bond acceptors (Lipinski definition) is 5. The molecule has 2 rings (SSSR count). The van der Waals surface area contributed by atoms with Gasteiger partial charge in [-0.25, -0.2) is 0 Å². The van der Waals surface area contributed by atoms with Gasteiger partial charge in [0.1, 0.15) is 0 Å². The van der Waals surface area contributed by atoms with E-state index in [4.69, 9.17) is 20.1 Å². The van der Waals surface area contributed by atoms with Gasteiger partial charge in [0, 0.05) is 44.9 Å². The minimum atomic E-state index is -0.833. The molecule has 22 heavy (non-hydrogen) atoms. The minimum absolute atomic E-state index is 0.200. The number of aliphatic hydroxyl groups excluding tert-OH is 2. The van der Waals surface area contributed by atoms with Crippen LogP contribution in [0.25, 0.3) is 0 Å². The van der Waals surface area contributed by atoms with Crippen molar-refractivity contribution in [1.82, 2.24) is 9.97 Å². The molecule has 2 aromatic heterocycles. The van der Waals surface area contributed by atoms with Gasteiger partial charge in [-0.1, -0.05) is 12.1 Å². The lowest BCUT2D eigenvalue weighted by atomic mass is 10.2. The van der Waals surface area contributed by atoms with E-state index in [1.54, 1.807) is 24.8 Å². The Balaban J connectivity index is 0.000000326. The average molecular weight is 306 g/mol. The first kappa shape index (κ1) is 19.7. The molecule has 0 saturated carbocycles. The topological polar surface area (TPSA) is 104 Å². The summed E-state index contributed by atoms with van der Waals surface area (Å²) in [6, 6.07) is 7.63. The third kappa shape index (κ3) is 12.7. The predicted octanol–water partition coefficient (Wildman–Crippen LogP) is 1.32. The van der Waals surface area contributed by atoms with Crippen molar-refractivity contribution >= 4 is 5.97 Å². The van der Waals surface area contributed by atoms with Crippen LogP contribution in [0.5, 0.6) is 0 Å².